The summed E-state index contributed by atoms with van der Waals surface area (Å²) in [4.78, 5) is 0. The van der Waals surface area contributed by atoms with Crippen LogP contribution >= 0.6 is 11.6 Å². The summed E-state index contributed by atoms with van der Waals surface area (Å²) in [6, 6.07) is 6.31. The van der Waals surface area contributed by atoms with Crippen LogP contribution in [-0.2, 0) is 12.0 Å². The fourth-order valence-electron chi connectivity index (χ4n) is 4.16. The van der Waals surface area contributed by atoms with E-state index in [4.69, 9.17) is 17.3 Å². The first-order valence-corrected chi connectivity index (χ1v) is 9.62. The first-order valence-electron chi connectivity index (χ1n) is 9.24. The Morgan fingerprint density at radius 1 is 1.29 bits per heavy atom. The molecule has 0 amide bonds. The summed E-state index contributed by atoms with van der Waals surface area (Å²) in [6.07, 6.45) is 5.08. The predicted molar refractivity (Wildman–Crippen MR) is 103 cm³/mol. The van der Waals surface area contributed by atoms with Crippen LogP contribution in [0.25, 0.3) is 0 Å². The number of aryl methyl sites for hydroxylation is 1. The molecule has 1 aliphatic rings. The first kappa shape index (κ1) is 19.8. The van der Waals surface area contributed by atoms with Crippen LogP contribution < -0.4 is 5.73 Å². The Balaban J connectivity index is 2.28. The van der Waals surface area contributed by atoms with E-state index in [-0.39, 0.29) is 17.9 Å². The number of benzene rings is 1. The molecule has 136 valence electrons. The normalized spacial score (nSPS) is 30.8. The lowest BCUT2D eigenvalue weighted by atomic mass is 9.71. The van der Waals surface area contributed by atoms with E-state index < -0.39 is 5.54 Å². The zero-order chi connectivity index (χ0) is 18.2. The van der Waals surface area contributed by atoms with Gasteiger partial charge in [0.2, 0.25) is 0 Å². The van der Waals surface area contributed by atoms with Crippen LogP contribution in [0.5, 0.6) is 0 Å². The smallest absolute Gasteiger partial charge is 0.0485 e. The van der Waals surface area contributed by atoms with Crippen LogP contribution in [0.15, 0.2) is 18.2 Å². The third-order valence-electron chi connectivity index (χ3n) is 6.30. The van der Waals surface area contributed by atoms with Crippen molar-refractivity contribution in [3.8, 4) is 0 Å². The molecule has 0 heterocycles. The average Bonchev–Trinajstić information content (AvgIpc) is 2.78. The highest BCUT2D eigenvalue weighted by molar-refractivity contribution is 6.31. The zero-order valence-electron chi connectivity index (χ0n) is 16.0. The third kappa shape index (κ3) is 3.81. The van der Waals surface area contributed by atoms with Crippen molar-refractivity contribution in [1.82, 2.24) is 0 Å². The molecule has 0 bridgehead atoms. The highest BCUT2D eigenvalue weighted by Crippen LogP contribution is 2.54. The average molecular weight is 352 g/mol. The van der Waals surface area contributed by atoms with E-state index in [1.54, 1.807) is 0 Å². The number of nitrogens with two attached hydrogens (primary N) is 1. The number of rotatable bonds is 5. The van der Waals surface area contributed by atoms with Gasteiger partial charge in [0.05, 0.1) is 0 Å². The second kappa shape index (κ2) is 6.97. The quantitative estimate of drug-likeness (QED) is 0.756. The second-order valence-electron chi connectivity index (χ2n) is 9.15. The summed E-state index contributed by atoms with van der Waals surface area (Å²) in [5.74, 6) is 0.0755. The molecule has 1 aliphatic carbocycles. The minimum Gasteiger partial charge on any atom is -0.396 e. The summed E-state index contributed by atoms with van der Waals surface area (Å²) >= 11 is 6.58. The van der Waals surface area contributed by atoms with Crippen molar-refractivity contribution in [1.29, 1.82) is 0 Å². The lowest BCUT2D eigenvalue weighted by Crippen LogP contribution is -2.46. The molecule has 1 aromatic rings. The summed E-state index contributed by atoms with van der Waals surface area (Å²) < 4.78 is 0. The summed E-state index contributed by atoms with van der Waals surface area (Å²) in [6.45, 7) is 11.3. The van der Waals surface area contributed by atoms with E-state index in [2.05, 4.69) is 46.8 Å². The van der Waals surface area contributed by atoms with Gasteiger partial charge in [-0.1, -0.05) is 64.8 Å². The molecule has 3 unspecified atom stereocenters. The first-order chi connectivity index (χ1) is 11.1. The number of aliphatic hydroxyl groups is 1. The van der Waals surface area contributed by atoms with Crippen molar-refractivity contribution in [3.05, 3.63) is 34.3 Å². The van der Waals surface area contributed by atoms with Crippen molar-refractivity contribution < 1.29 is 5.11 Å². The van der Waals surface area contributed by atoms with Crippen molar-refractivity contribution in [2.75, 3.05) is 6.61 Å². The highest BCUT2D eigenvalue weighted by Gasteiger charge is 2.52. The van der Waals surface area contributed by atoms with Crippen LogP contribution in [0, 0.1) is 16.7 Å². The Hall–Kier alpha value is -0.570. The lowest BCUT2D eigenvalue weighted by molar-refractivity contribution is 0.0846. The molecule has 1 aromatic carbocycles. The van der Waals surface area contributed by atoms with Gasteiger partial charge >= 0.3 is 0 Å². The van der Waals surface area contributed by atoms with Gasteiger partial charge in [-0.15, -0.1) is 0 Å². The minimum absolute atomic E-state index is 0.0755. The largest absolute Gasteiger partial charge is 0.396 e. The van der Waals surface area contributed by atoms with E-state index in [0.717, 1.165) is 42.7 Å². The van der Waals surface area contributed by atoms with E-state index >= 15 is 0 Å². The maximum absolute atomic E-state index is 10.0. The van der Waals surface area contributed by atoms with Gasteiger partial charge in [-0.2, -0.15) is 0 Å². The fraction of sp³-hybridized carbons (Fsp3) is 0.714. The molecule has 3 heteroatoms. The van der Waals surface area contributed by atoms with Gasteiger partial charge in [0.15, 0.2) is 0 Å². The Morgan fingerprint density at radius 2 is 1.96 bits per heavy atom. The van der Waals surface area contributed by atoms with Crippen LogP contribution in [0.4, 0.5) is 0 Å². The van der Waals surface area contributed by atoms with E-state index in [0.29, 0.717) is 5.41 Å². The van der Waals surface area contributed by atoms with Gasteiger partial charge in [0.25, 0.3) is 0 Å². The second-order valence-corrected chi connectivity index (χ2v) is 9.56. The maximum Gasteiger partial charge on any atom is 0.0485 e. The molecule has 2 rings (SSSR count). The number of hydrogen-bond donors (Lipinski definition) is 2. The van der Waals surface area contributed by atoms with Crippen LogP contribution in [0.3, 0.4) is 0 Å². The number of hydrogen-bond acceptors (Lipinski definition) is 2. The molecular formula is C21H34ClNO. The molecular weight excluding hydrogens is 318 g/mol. The topological polar surface area (TPSA) is 46.2 Å². The van der Waals surface area contributed by atoms with Gasteiger partial charge in [-0.25, -0.2) is 0 Å². The van der Waals surface area contributed by atoms with E-state index in [1.807, 2.05) is 6.07 Å². The molecule has 0 aromatic heterocycles. The van der Waals surface area contributed by atoms with E-state index in [9.17, 15) is 5.11 Å². The van der Waals surface area contributed by atoms with Crippen molar-refractivity contribution in [2.24, 2.45) is 22.5 Å². The molecule has 24 heavy (non-hydrogen) atoms. The Labute approximate surface area is 152 Å². The van der Waals surface area contributed by atoms with Gasteiger partial charge in [0.1, 0.15) is 0 Å². The van der Waals surface area contributed by atoms with Crippen molar-refractivity contribution >= 4 is 11.6 Å². The molecule has 0 radical (unpaired) electrons. The number of aliphatic hydroxyl groups excluding tert-OH is 1. The maximum atomic E-state index is 10.0. The van der Waals surface area contributed by atoms with Crippen molar-refractivity contribution in [3.63, 3.8) is 0 Å². The van der Waals surface area contributed by atoms with Crippen LogP contribution in [-0.4, -0.2) is 11.7 Å². The summed E-state index contributed by atoms with van der Waals surface area (Å²) in [7, 11) is 0. The van der Waals surface area contributed by atoms with Gasteiger partial charge in [0, 0.05) is 23.1 Å². The molecule has 2 nitrogen and oxygen atoms in total. The van der Waals surface area contributed by atoms with Gasteiger partial charge in [-0.05, 0) is 53.7 Å². The predicted octanol–water partition coefficient (Wildman–Crippen LogP) is 5.29. The number of halogens is 1. The molecule has 3 atom stereocenters. The van der Waals surface area contributed by atoms with Crippen molar-refractivity contribution in [2.45, 2.75) is 72.3 Å². The summed E-state index contributed by atoms with van der Waals surface area (Å²) in [5, 5.41) is 10.8. The van der Waals surface area contributed by atoms with Crippen LogP contribution in [0.2, 0.25) is 5.02 Å². The Kier molecular flexibility index (Phi) is 5.74. The Morgan fingerprint density at radius 3 is 2.46 bits per heavy atom. The molecule has 1 fully saturated rings. The SMILES string of the molecule is CCC1(C)CCC(N)(c2ccc(CCC(C)(C)C)c(Cl)c2)C1CO. The fourth-order valence-corrected chi connectivity index (χ4v) is 4.44. The lowest BCUT2D eigenvalue weighted by Gasteiger charge is -2.38. The van der Waals surface area contributed by atoms with Crippen LogP contribution in [0.1, 0.15) is 71.4 Å². The third-order valence-corrected chi connectivity index (χ3v) is 6.65. The molecule has 0 aliphatic heterocycles. The zero-order valence-corrected chi connectivity index (χ0v) is 16.7. The van der Waals surface area contributed by atoms with E-state index in [1.165, 1.54) is 5.56 Å². The van der Waals surface area contributed by atoms with Gasteiger partial charge < -0.3 is 10.8 Å². The molecule has 3 N–H and O–H groups in total. The highest BCUT2D eigenvalue weighted by atomic mass is 35.5. The Bertz CT molecular complexity index is 580. The molecule has 0 saturated heterocycles. The molecule has 0 spiro atoms. The monoisotopic (exact) mass is 351 g/mol. The summed E-state index contributed by atoms with van der Waals surface area (Å²) in [5.41, 5.74) is 9.01. The standard InChI is InChI=1S/C21H34ClNO/c1-6-20(5)11-12-21(23,18(20)14-24)16-8-7-15(17(22)13-16)9-10-19(2,3)4/h7-8,13,18,24H,6,9-12,14,23H2,1-5H3. The minimum atomic E-state index is -0.480. The van der Waals surface area contributed by atoms with Gasteiger partial charge in [-0.3, -0.25) is 0 Å². The molecule has 1 saturated carbocycles.